The summed E-state index contributed by atoms with van der Waals surface area (Å²) in [7, 11) is -2.30. The number of anilines is 2. The van der Waals surface area contributed by atoms with Crippen LogP contribution in [0.15, 0.2) is 57.9 Å². The van der Waals surface area contributed by atoms with Gasteiger partial charge in [0.2, 0.25) is 5.91 Å². The van der Waals surface area contributed by atoms with Gasteiger partial charge in [0, 0.05) is 6.42 Å². The quantitative estimate of drug-likeness (QED) is 0.539. The van der Waals surface area contributed by atoms with Crippen LogP contribution in [0.5, 0.6) is 5.75 Å². The third-order valence-corrected chi connectivity index (χ3v) is 5.82. The second kappa shape index (κ2) is 9.48. The third kappa shape index (κ3) is 5.32. The number of aromatic nitrogens is 1. The molecular weight excluding hydrogens is 418 g/mol. The molecule has 2 aromatic carbocycles. The zero-order valence-electron chi connectivity index (χ0n) is 17.4. The number of carbonyl (C=O) groups excluding carboxylic acids is 1. The summed E-state index contributed by atoms with van der Waals surface area (Å²) in [6, 6.07) is 13.1. The summed E-state index contributed by atoms with van der Waals surface area (Å²) >= 11 is 0. The van der Waals surface area contributed by atoms with Crippen LogP contribution < -0.4 is 14.8 Å². The first-order chi connectivity index (χ1) is 14.8. The van der Waals surface area contributed by atoms with Crippen molar-refractivity contribution < 1.29 is 22.5 Å². The van der Waals surface area contributed by atoms with Gasteiger partial charge in [0.1, 0.15) is 17.1 Å². The first-order valence-corrected chi connectivity index (χ1v) is 11.0. The number of ether oxygens (including phenoxy) is 1. The molecule has 0 fully saturated rings. The summed E-state index contributed by atoms with van der Waals surface area (Å²) in [6.45, 7) is 3.49. The summed E-state index contributed by atoms with van der Waals surface area (Å²) in [5, 5.41) is 6.64. The Hall–Kier alpha value is -3.59. The fourth-order valence-electron chi connectivity index (χ4n) is 2.74. The highest BCUT2D eigenvalue weighted by molar-refractivity contribution is 7.92. The van der Waals surface area contributed by atoms with E-state index in [2.05, 4.69) is 15.2 Å². The molecule has 1 amide bonds. The molecule has 3 rings (SSSR count). The van der Waals surface area contributed by atoms with Crippen molar-refractivity contribution in [2.24, 2.45) is 0 Å². The van der Waals surface area contributed by atoms with Crippen LogP contribution in [-0.4, -0.2) is 26.6 Å². The molecule has 0 saturated carbocycles. The number of hydrogen-bond acceptors (Lipinski definition) is 6. The normalized spacial score (nSPS) is 11.5. The Morgan fingerprint density at radius 2 is 1.84 bits per heavy atom. The van der Waals surface area contributed by atoms with E-state index in [-0.39, 0.29) is 10.8 Å². The Morgan fingerprint density at radius 3 is 2.52 bits per heavy atom. The lowest BCUT2D eigenvalue weighted by atomic mass is 10.2. The number of para-hydroxylation sites is 2. The molecule has 0 atom stereocenters. The number of sulfonamides is 1. The molecule has 2 N–H and O–H groups in total. The van der Waals surface area contributed by atoms with Gasteiger partial charge in [-0.3, -0.25) is 9.52 Å². The van der Waals surface area contributed by atoms with Crippen LogP contribution in [0.3, 0.4) is 0 Å². The van der Waals surface area contributed by atoms with Crippen LogP contribution in [0.1, 0.15) is 30.4 Å². The van der Waals surface area contributed by atoms with Gasteiger partial charge in [-0.15, -0.1) is 0 Å². The van der Waals surface area contributed by atoms with Crippen molar-refractivity contribution in [2.45, 2.75) is 25.2 Å². The molecule has 0 spiro atoms. The average molecular weight is 442 g/mol. The summed E-state index contributed by atoms with van der Waals surface area (Å²) in [6.07, 6.45) is 3.75. The summed E-state index contributed by atoms with van der Waals surface area (Å²) in [5.41, 5.74) is 2.20. The van der Waals surface area contributed by atoms with E-state index in [1.54, 1.807) is 62.4 Å². The first-order valence-electron chi connectivity index (χ1n) is 9.54. The molecule has 1 aromatic heterocycles. The van der Waals surface area contributed by atoms with E-state index in [4.69, 9.17) is 9.26 Å². The van der Waals surface area contributed by atoms with Crippen molar-refractivity contribution in [1.29, 1.82) is 0 Å². The van der Waals surface area contributed by atoms with Gasteiger partial charge in [-0.1, -0.05) is 42.4 Å². The Kier molecular flexibility index (Phi) is 6.76. The first kappa shape index (κ1) is 22.1. The van der Waals surface area contributed by atoms with Crippen molar-refractivity contribution >= 4 is 39.5 Å². The van der Waals surface area contributed by atoms with Crippen LogP contribution >= 0.6 is 0 Å². The van der Waals surface area contributed by atoms with Gasteiger partial charge in [0.25, 0.3) is 10.0 Å². The monoisotopic (exact) mass is 441 g/mol. The van der Waals surface area contributed by atoms with Gasteiger partial charge < -0.3 is 14.6 Å². The Bertz CT molecular complexity index is 1200. The van der Waals surface area contributed by atoms with E-state index in [1.807, 2.05) is 0 Å². The maximum Gasteiger partial charge on any atom is 0.262 e. The standard InChI is InChI=1S/C22H23N3O5S/c1-4-21(26)23-22-15(2)24-30-20(22)14-11-16-9-12-17(13-10-16)31(27,28)25-18-7-5-6-8-19(18)29-3/h5-14,25H,4H2,1-3H3,(H,23,26). The summed E-state index contributed by atoms with van der Waals surface area (Å²) < 4.78 is 38.4. The minimum atomic E-state index is -3.78. The van der Waals surface area contributed by atoms with Crippen molar-refractivity contribution in [2.75, 3.05) is 17.1 Å². The molecule has 0 aliphatic heterocycles. The van der Waals surface area contributed by atoms with Gasteiger partial charge in [-0.05, 0) is 42.8 Å². The van der Waals surface area contributed by atoms with E-state index < -0.39 is 10.0 Å². The molecule has 9 heteroatoms. The smallest absolute Gasteiger partial charge is 0.262 e. The SMILES string of the molecule is CCC(=O)Nc1c(C)noc1C=Cc1ccc(S(=O)(=O)Nc2ccccc2OC)cc1. The maximum atomic E-state index is 12.7. The van der Waals surface area contributed by atoms with Crippen LogP contribution in [0, 0.1) is 6.92 Å². The van der Waals surface area contributed by atoms with Crippen LogP contribution in [0.2, 0.25) is 0 Å². The topological polar surface area (TPSA) is 111 Å². The predicted molar refractivity (Wildman–Crippen MR) is 119 cm³/mol. The van der Waals surface area contributed by atoms with Crippen molar-refractivity contribution in [3.8, 4) is 5.75 Å². The van der Waals surface area contributed by atoms with E-state index >= 15 is 0 Å². The number of aryl methyl sites for hydroxylation is 1. The molecule has 3 aromatic rings. The fourth-order valence-corrected chi connectivity index (χ4v) is 3.81. The number of hydrogen-bond donors (Lipinski definition) is 2. The molecule has 0 saturated heterocycles. The molecule has 1 heterocycles. The van der Waals surface area contributed by atoms with Gasteiger partial charge in [-0.2, -0.15) is 0 Å². The summed E-state index contributed by atoms with van der Waals surface area (Å²) in [5.74, 6) is 0.700. The maximum absolute atomic E-state index is 12.7. The van der Waals surface area contributed by atoms with Gasteiger partial charge in [-0.25, -0.2) is 8.42 Å². The van der Waals surface area contributed by atoms with E-state index in [9.17, 15) is 13.2 Å². The zero-order valence-corrected chi connectivity index (χ0v) is 18.2. The molecule has 162 valence electrons. The minimum Gasteiger partial charge on any atom is -0.495 e. The fraction of sp³-hybridized carbons (Fsp3) is 0.182. The van der Waals surface area contributed by atoms with Gasteiger partial charge >= 0.3 is 0 Å². The number of benzene rings is 2. The average Bonchev–Trinajstić information content (AvgIpc) is 3.11. The molecule has 0 aliphatic rings. The van der Waals surface area contributed by atoms with Crippen LogP contribution in [-0.2, 0) is 14.8 Å². The Balaban J connectivity index is 1.77. The van der Waals surface area contributed by atoms with Gasteiger partial charge in [0.05, 0.1) is 17.7 Å². The number of rotatable bonds is 8. The van der Waals surface area contributed by atoms with Crippen LogP contribution in [0.4, 0.5) is 11.4 Å². The lowest BCUT2D eigenvalue weighted by Crippen LogP contribution is -2.13. The molecular formula is C22H23N3O5S. The minimum absolute atomic E-state index is 0.113. The van der Waals surface area contributed by atoms with Crippen molar-refractivity contribution in [1.82, 2.24) is 5.16 Å². The third-order valence-electron chi connectivity index (χ3n) is 4.44. The van der Waals surface area contributed by atoms with Crippen LogP contribution in [0.25, 0.3) is 12.2 Å². The van der Waals surface area contributed by atoms with E-state index in [1.165, 1.54) is 19.2 Å². The molecule has 0 radical (unpaired) electrons. The van der Waals surface area contributed by atoms with Crippen molar-refractivity contribution in [3.63, 3.8) is 0 Å². The highest BCUT2D eigenvalue weighted by Gasteiger charge is 2.16. The molecule has 31 heavy (non-hydrogen) atoms. The zero-order chi connectivity index (χ0) is 22.4. The lowest BCUT2D eigenvalue weighted by Gasteiger charge is -2.11. The molecule has 0 bridgehead atoms. The second-order valence-corrected chi connectivity index (χ2v) is 8.30. The Labute approximate surface area is 181 Å². The lowest BCUT2D eigenvalue weighted by molar-refractivity contribution is -0.115. The van der Waals surface area contributed by atoms with E-state index in [0.717, 1.165) is 5.56 Å². The van der Waals surface area contributed by atoms with Gasteiger partial charge in [0.15, 0.2) is 5.76 Å². The molecule has 0 unspecified atom stereocenters. The Morgan fingerprint density at radius 1 is 1.13 bits per heavy atom. The second-order valence-electron chi connectivity index (χ2n) is 6.62. The number of methoxy groups -OCH3 is 1. The predicted octanol–water partition coefficient (Wildman–Crippen LogP) is 4.31. The van der Waals surface area contributed by atoms with E-state index in [0.29, 0.717) is 35.0 Å². The highest BCUT2D eigenvalue weighted by atomic mass is 32.2. The summed E-state index contributed by atoms with van der Waals surface area (Å²) in [4.78, 5) is 11.8. The number of carbonyl (C=O) groups is 1. The van der Waals surface area contributed by atoms with Crippen molar-refractivity contribution in [3.05, 3.63) is 65.5 Å². The molecule has 0 aliphatic carbocycles. The number of nitrogens with one attached hydrogen (secondary N) is 2. The largest absolute Gasteiger partial charge is 0.495 e. The number of amides is 1. The number of nitrogens with zero attached hydrogens (tertiary/aromatic N) is 1. The highest BCUT2D eigenvalue weighted by Crippen LogP contribution is 2.27. The molecule has 8 nitrogen and oxygen atoms in total.